The summed E-state index contributed by atoms with van der Waals surface area (Å²) in [5, 5.41) is 7.00. The summed E-state index contributed by atoms with van der Waals surface area (Å²) in [6.45, 7) is 5.53. The maximum absolute atomic E-state index is 12.3. The Kier molecular flexibility index (Phi) is 6.06. The summed E-state index contributed by atoms with van der Waals surface area (Å²) in [5.41, 5.74) is 2.51. The first-order chi connectivity index (χ1) is 13.9. The summed E-state index contributed by atoms with van der Waals surface area (Å²) in [6, 6.07) is 9.24. The number of ether oxygens (including phenoxy) is 2. The molecule has 0 spiro atoms. The summed E-state index contributed by atoms with van der Waals surface area (Å²) < 4.78 is 12.0. The molecule has 3 rings (SSSR count). The van der Waals surface area contributed by atoms with Gasteiger partial charge < -0.3 is 14.8 Å². The Morgan fingerprint density at radius 3 is 2.72 bits per heavy atom. The fraction of sp³-hybridized carbons (Fsp3) is 0.350. The molecule has 0 aliphatic carbocycles. The summed E-state index contributed by atoms with van der Waals surface area (Å²) in [7, 11) is 1.57. The first kappa shape index (κ1) is 20.2. The van der Waals surface area contributed by atoms with Crippen LogP contribution in [0.5, 0.6) is 5.75 Å². The van der Waals surface area contributed by atoms with Gasteiger partial charge in [0.15, 0.2) is 11.9 Å². The van der Waals surface area contributed by atoms with Gasteiger partial charge in [0.05, 0.1) is 7.11 Å². The molecule has 29 heavy (non-hydrogen) atoms. The molecule has 1 N–H and O–H groups in total. The zero-order valence-corrected chi connectivity index (χ0v) is 16.8. The lowest BCUT2D eigenvalue weighted by Gasteiger charge is -2.14. The van der Waals surface area contributed by atoms with Gasteiger partial charge in [0, 0.05) is 23.5 Å². The fourth-order valence-corrected chi connectivity index (χ4v) is 2.88. The Morgan fingerprint density at radius 2 is 1.97 bits per heavy atom. The molecular formula is C20H23N5O4. The number of methoxy groups -OCH3 is 1. The number of amides is 1. The Labute approximate surface area is 168 Å². The molecule has 9 nitrogen and oxygen atoms in total. The van der Waals surface area contributed by atoms with Crippen LogP contribution in [0.1, 0.15) is 29.7 Å². The Bertz CT molecular complexity index is 1050. The molecule has 0 fully saturated rings. The van der Waals surface area contributed by atoms with E-state index in [1.807, 2.05) is 44.2 Å². The molecule has 0 saturated heterocycles. The van der Waals surface area contributed by atoms with Crippen LogP contribution in [0.2, 0.25) is 0 Å². The summed E-state index contributed by atoms with van der Waals surface area (Å²) in [4.78, 5) is 33.0. The molecular weight excluding hydrogens is 374 g/mol. The van der Waals surface area contributed by atoms with Crippen LogP contribution in [0.4, 0.5) is 0 Å². The highest BCUT2D eigenvalue weighted by molar-refractivity contribution is 5.83. The van der Waals surface area contributed by atoms with Gasteiger partial charge in [-0.15, -0.1) is 5.10 Å². The van der Waals surface area contributed by atoms with Crippen LogP contribution in [0.15, 0.2) is 30.3 Å². The van der Waals surface area contributed by atoms with Gasteiger partial charge in [-0.25, -0.2) is 9.50 Å². The van der Waals surface area contributed by atoms with Crippen LogP contribution in [0, 0.1) is 13.8 Å². The lowest BCUT2D eigenvalue weighted by atomic mass is 10.2. The number of carbonyl (C=O) groups is 2. The number of fused-ring (bicyclic) bond motifs is 1. The van der Waals surface area contributed by atoms with Gasteiger partial charge >= 0.3 is 5.97 Å². The number of aromatic nitrogens is 4. The minimum atomic E-state index is -0.948. The lowest BCUT2D eigenvalue weighted by Crippen LogP contribution is -2.35. The van der Waals surface area contributed by atoms with Crippen molar-refractivity contribution in [2.75, 3.05) is 7.11 Å². The Hall–Kier alpha value is -3.49. The highest BCUT2D eigenvalue weighted by Crippen LogP contribution is 2.16. The van der Waals surface area contributed by atoms with E-state index in [1.165, 1.54) is 6.92 Å². The first-order valence-electron chi connectivity index (χ1n) is 9.16. The number of rotatable bonds is 7. The van der Waals surface area contributed by atoms with E-state index >= 15 is 0 Å². The molecule has 9 heteroatoms. The third kappa shape index (κ3) is 4.87. The van der Waals surface area contributed by atoms with E-state index in [2.05, 4.69) is 20.4 Å². The maximum Gasteiger partial charge on any atom is 0.314 e. The lowest BCUT2D eigenvalue weighted by molar-refractivity contribution is -0.154. The highest BCUT2D eigenvalue weighted by Gasteiger charge is 2.20. The average molecular weight is 397 g/mol. The molecule has 0 saturated carbocycles. The zero-order valence-electron chi connectivity index (χ0n) is 16.8. The summed E-state index contributed by atoms with van der Waals surface area (Å²) in [5.74, 6) is 0.399. The van der Waals surface area contributed by atoms with Crippen LogP contribution in [0.3, 0.4) is 0 Å². The number of carbonyl (C=O) groups excluding carboxylic acids is 2. The molecule has 0 radical (unpaired) electrons. The maximum atomic E-state index is 12.3. The van der Waals surface area contributed by atoms with Crippen LogP contribution >= 0.6 is 0 Å². The second kappa shape index (κ2) is 8.68. The van der Waals surface area contributed by atoms with Crippen molar-refractivity contribution in [1.29, 1.82) is 0 Å². The van der Waals surface area contributed by atoms with E-state index in [9.17, 15) is 9.59 Å². The van der Waals surface area contributed by atoms with E-state index < -0.39 is 18.0 Å². The van der Waals surface area contributed by atoms with E-state index in [0.29, 0.717) is 11.5 Å². The van der Waals surface area contributed by atoms with Gasteiger partial charge in [0.1, 0.15) is 12.2 Å². The van der Waals surface area contributed by atoms with Gasteiger partial charge in [-0.05, 0) is 32.9 Å². The first-order valence-corrected chi connectivity index (χ1v) is 9.16. The SMILES string of the molecule is COc1ccccc1CNC(=O)C(C)OC(=O)Cc1nc2nc(C)cc(C)n2n1. The van der Waals surface area contributed by atoms with Gasteiger partial charge in [-0.2, -0.15) is 4.98 Å². The highest BCUT2D eigenvalue weighted by atomic mass is 16.5. The van der Waals surface area contributed by atoms with Crippen LogP contribution < -0.4 is 10.1 Å². The van der Waals surface area contributed by atoms with E-state index in [0.717, 1.165) is 17.0 Å². The Morgan fingerprint density at radius 1 is 1.21 bits per heavy atom. The van der Waals surface area contributed by atoms with Gasteiger partial charge in [-0.3, -0.25) is 9.59 Å². The molecule has 2 heterocycles. The average Bonchev–Trinajstić information content (AvgIpc) is 3.08. The molecule has 3 aromatic rings. The Balaban J connectivity index is 1.56. The van der Waals surface area contributed by atoms with Crippen LogP contribution in [-0.4, -0.2) is 44.7 Å². The number of esters is 1. The van der Waals surface area contributed by atoms with Gasteiger partial charge in [0.25, 0.3) is 11.7 Å². The molecule has 1 unspecified atom stereocenters. The molecule has 2 aromatic heterocycles. The molecule has 0 aliphatic rings. The monoisotopic (exact) mass is 397 g/mol. The van der Waals surface area contributed by atoms with E-state index in [4.69, 9.17) is 9.47 Å². The van der Waals surface area contributed by atoms with Crippen molar-refractivity contribution < 1.29 is 19.1 Å². The van der Waals surface area contributed by atoms with Crippen molar-refractivity contribution in [3.05, 3.63) is 53.1 Å². The second-order valence-electron chi connectivity index (χ2n) is 6.62. The van der Waals surface area contributed by atoms with Crippen LogP contribution in [-0.2, 0) is 27.3 Å². The summed E-state index contributed by atoms with van der Waals surface area (Å²) in [6.07, 6.45) is -1.09. The topological polar surface area (TPSA) is 108 Å². The number of nitrogens with zero attached hydrogens (tertiary/aromatic N) is 4. The number of benzene rings is 1. The van der Waals surface area contributed by atoms with Crippen molar-refractivity contribution in [1.82, 2.24) is 24.9 Å². The minimum Gasteiger partial charge on any atom is -0.496 e. The predicted molar refractivity (Wildman–Crippen MR) is 104 cm³/mol. The second-order valence-corrected chi connectivity index (χ2v) is 6.62. The molecule has 0 bridgehead atoms. The van der Waals surface area contributed by atoms with E-state index in [-0.39, 0.29) is 18.8 Å². The summed E-state index contributed by atoms with van der Waals surface area (Å²) >= 11 is 0. The number of nitrogens with one attached hydrogen (secondary N) is 1. The molecule has 1 amide bonds. The smallest absolute Gasteiger partial charge is 0.314 e. The standard InChI is InChI=1S/C20H23N5O4/c1-12-9-13(2)25-20(22-12)23-17(24-25)10-18(26)29-14(3)19(27)21-11-15-7-5-6-8-16(15)28-4/h5-9,14H,10-11H2,1-4H3,(H,21,27). The third-order valence-electron chi connectivity index (χ3n) is 4.29. The van der Waals surface area contributed by atoms with Crippen molar-refractivity contribution in [3.63, 3.8) is 0 Å². The van der Waals surface area contributed by atoms with Crippen molar-refractivity contribution >= 4 is 17.7 Å². The number of aryl methyl sites for hydroxylation is 2. The predicted octanol–water partition coefficient (Wildman–Crippen LogP) is 1.54. The number of para-hydroxylation sites is 1. The molecule has 152 valence electrons. The van der Waals surface area contributed by atoms with Crippen molar-refractivity contribution in [2.45, 2.75) is 39.8 Å². The largest absolute Gasteiger partial charge is 0.496 e. The fourth-order valence-electron chi connectivity index (χ4n) is 2.88. The van der Waals surface area contributed by atoms with Crippen molar-refractivity contribution in [3.8, 4) is 5.75 Å². The zero-order chi connectivity index (χ0) is 21.0. The van der Waals surface area contributed by atoms with Gasteiger partial charge in [0.2, 0.25) is 0 Å². The molecule has 0 aliphatic heterocycles. The number of hydrogen-bond acceptors (Lipinski definition) is 7. The molecule has 1 atom stereocenters. The minimum absolute atomic E-state index is 0.147. The third-order valence-corrected chi connectivity index (χ3v) is 4.29. The van der Waals surface area contributed by atoms with Gasteiger partial charge in [-0.1, -0.05) is 18.2 Å². The van der Waals surface area contributed by atoms with Crippen LogP contribution in [0.25, 0.3) is 5.78 Å². The molecule has 1 aromatic carbocycles. The van der Waals surface area contributed by atoms with Crippen molar-refractivity contribution in [2.24, 2.45) is 0 Å². The quantitative estimate of drug-likeness (QED) is 0.603. The number of hydrogen-bond donors (Lipinski definition) is 1. The normalized spacial score (nSPS) is 11.9. The van der Waals surface area contributed by atoms with E-state index in [1.54, 1.807) is 11.6 Å².